The second-order valence-electron chi connectivity index (χ2n) is 7.26. The summed E-state index contributed by atoms with van der Waals surface area (Å²) in [5.74, 6) is 0.615. The molecule has 1 aliphatic carbocycles. The Morgan fingerprint density at radius 1 is 1.23 bits per heavy atom. The third-order valence-electron chi connectivity index (χ3n) is 5.27. The van der Waals surface area contributed by atoms with E-state index in [2.05, 4.69) is 5.32 Å². The van der Waals surface area contributed by atoms with Crippen LogP contribution in [0.3, 0.4) is 0 Å². The lowest BCUT2D eigenvalue weighted by Gasteiger charge is -2.22. The number of β-amino-alcohol motifs (C(OH)–C–C–N with tert-alkyl or cyclic N) is 1. The molecule has 3 amide bonds. The molecule has 1 saturated heterocycles. The largest absolute Gasteiger partial charge is 0.490 e. The number of carbonyl (C=O) groups excluding carboxylic acids is 2. The summed E-state index contributed by atoms with van der Waals surface area (Å²) in [5, 5.41) is 15.1. The van der Waals surface area contributed by atoms with Crippen LogP contribution in [-0.2, 0) is 4.79 Å². The molecule has 6 nitrogen and oxygen atoms in total. The van der Waals surface area contributed by atoms with Crippen LogP contribution in [0.4, 0.5) is 4.79 Å². The fraction of sp³-hybridized carbons (Fsp3) is 0.400. The molecule has 6 heteroatoms. The highest BCUT2D eigenvalue weighted by Gasteiger charge is 2.56. The summed E-state index contributed by atoms with van der Waals surface area (Å²) < 4.78 is 5.75. The Morgan fingerprint density at radius 2 is 1.96 bits per heavy atom. The van der Waals surface area contributed by atoms with E-state index in [9.17, 15) is 14.7 Å². The Bertz CT molecular complexity index is 859. The van der Waals surface area contributed by atoms with Gasteiger partial charge in [-0.15, -0.1) is 0 Å². The monoisotopic (exact) mass is 354 g/mol. The zero-order valence-electron chi connectivity index (χ0n) is 14.6. The van der Waals surface area contributed by atoms with Gasteiger partial charge in [-0.3, -0.25) is 9.69 Å². The van der Waals surface area contributed by atoms with Crippen molar-refractivity contribution in [3.8, 4) is 5.75 Å². The summed E-state index contributed by atoms with van der Waals surface area (Å²) in [7, 11) is 0. The minimum atomic E-state index is -0.953. The highest BCUT2D eigenvalue weighted by molar-refractivity contribution is 6.07. The van der Waals surface area contributed by atoms with E-state index in [1.807, 2.05) is 42.5 Å². The van der Waals surface area contributed by atoms with Crippen LogP contribution in [0, 0.1) is 5.92 Å². The van der Waals surface area contributed by atoms with Crippen LogP contribution < -0.4 is 10.1 Å². The highest BCUT2D eigenvalue weighted by Crippen LogP contribution is 2.42. The molecule has 0 aromatic heterocycles. The molecule has 0 spiro atoms. The van der Waals surface area contributed by atoms with Gasteiger partial charge in [0, 0.05) is 5.39 Å². The lowest BCUT2D eigenvalue weighted by Crippen LogP contribution is -2.46. The number of nitrogens with zero attached hydrogens (tertiary/aromatic N) is 1. The van der Waals surface area contributed by atoms with E-state index in [-0.39, 0.29) is 25.0 Å². The van der Waals surface area contributed by atoms with Crippen LogP contribution >= 0.6 is 0 Å². The van der Waals surface area contributed by atoms with Gasteiger partial charge in [-0.2, -0.15) is 0 Å². The first-order valence-electron chi connectivity index (χ1n) is 8.92. The SMILES string of the molecule is C[C@@]1(C2CC2)NC(=O)N(C[C@H](O)COc2cccc3ccccc23)C1=O. The Hall–Kier alpha value is -2.60. The maximum atomic E-state index is 12.6. The highest BCUT2D eigenvalue weighted by atomic mass is 16.5. The van der Waals surface area contributed by atoms with Crippen LogP contribution in [0.2, 0.25) is 0 Å². The van der Waals surface area contributed by atoms with E-state index in [4.69, 9.17) is 4.74 Å². The maximum absolute atomic E-state index is 12.6. The van der Waals surface area contributed by atoms with Crippen molar-refractivity contribution in [1.82, 2.24) is 10.2 Å². The van der Waals surface area contributed by atoms with Crippen LogP contribution in [0.5, 0.6) is 5.75 Å². The zero-order valence-corrected chi connectivity index (χ0v) is 14.6. The van der Waals surface area contributed by atoms with Crippen molar-refractivity contribution in [3.63, 3.8) is 0 Å². The van der Waals surface area contributed by atoms with Gasteiger partial charge in [-0.05, 0) is 37.1 Å². The molecule has 2 aromatic carbocycles. The molecule has 0 radical (unpaired) electrons. The molecule has 1 aliphatic heterocycles. The number of aliphatic hydroxyl groups is 1. The number of rotatable bonds is 6. The fourth-order valence-corrected chi connectivity index (χ4v) is 3.59. The number of benzene rings is 2. The molecular formula is C20H22N2O4. The van der Waals surface area contributed by atoms with E-state index in [0.29, 0.717) is 5.75 Å². The van der Waals surface area contributed by atoms with Gasteiger partial charge in [-0.1, -0.05) is 36.4 Å². The Labute approximate surface area is 151 Å². The Balaban J connectivity index is 1.40. The predicted octanol–water partition coefficient (Wildman–Crippen LogP) is 2.30. The van der Waals surface area contributed by atoms with Gasteiger partial charge in [0.2, 0.25) is 0 Å². The number of carbonyl (C=O) groups is 2. The molecule has 2 atom stereocenters. The summed E-state index contributed by atoms with van der Waals surface area (Å²) in [6, 6.07) is 13.1. The summed E-state index contributed by atoms with van der Waals surface area (Å²) in [5.41, 5.74) is -0.826. The summed E-state index contributed by atoms with van der Waals surface area (Å²) in [6.45, 7) is 1.70. The van der Waals surface area contributed by atoms with Gasteiger partial charge in [0.25, 0.3) is 5.91 Å². The number of imide groups is 1. The minimum Gasteiger partial charge on any atom is -0.490 e. The first-order valence-corrected chi connectivity index (χ1v) is 8.92. The van der Waals surface area contributed by atoms with Crippen molar-refractivity contribution >= 4 is 22.7 Å². The topological polar surface area (TPSA) is 78.9 Å². The fourth-order valence-electron chi connectivity index (χ4n) is 3.59. The number of urea groups is 1. The summed E-state index contributed by atoms with van der Waals surface area (Å²) >= 11 is 0. The van der Waals surface area contributed by atoms with E-state index in [1.54, 1.807) is 6.92 Å². The Kier molecular flexibility index (Phi) is 4.07. The number of ether oxygens (including phenoxy) is 1. The first kappa shape index (κ1) is 16.8. The molecule has 2 aliphatic rings. The zero-order chi connectivity index (χ0) is 18.3. The minimum absolute atomic E-state index is 0.00517. The third-order valence-corrected chi connectivity index (χ3v) is 5.27. The summed E-state index contributed by atoms with van der Waals surface area (Å²) in [6.07, 6.45) is 0.942. The molecule has 26 heavy (non-hydrogen) atoms. The molecule has 1 heterocycles. The van der Waals surface area contributed by atoms with Crippen LogP contribution in [0.15, 0.2) is 42.5 Å². The second kappa shape index (κ2) is 6.29. The van der Waals surface area contributed by atoms with E-state index >= 15 is 0 Å². The average Bonchev–Trinajstić information content (AvgIpc) is 3.46. The van der Waals surface area contributed by atoms with Crippen LogP contribution in [0.1, 0.15) is 19.8 Å². The molecule has 4 rings (SSSR count). The second-order valence-corrected chi connectivity index (χ2v) is 7.26. The van der Waals surface area contributed by atoms with Gasteiger partial charge in [-0.25, -0.2) is 4.79 Å². The van der Waals surface area contributed by atoms with Crippen molar-refractivity contribution in [1.29, 1.82) is 0 Å². The number of nitrogens with one attached hydrogen (secondary N) is 1. The van der Waals surface area contributed by atoms with Gasteiger partial charge in [0.05, 0.1) is 6.54 Å². The number of fused-ring (bicyclic) bond motifs is 1. The normalized spacial score (nSPS) is 24.0. The Morgan fingerprint density at radius 3 is 2.73 bits per heavy atom. The molecule has 2 N–H and O–H groups in total. The van der Waals surface area contributed by atoms with E-state index < -0.39 is 17.7 Å². The van der Waals surface area contributed by atoms with Crippen molar-refractivity contribution < 1.29 is 19.4 Å². The number of hydrogen-bond acceptors (Lipinski definition) is 4. The molecule has 2 fully saturated rings. The molecule has 136 valence electrons. The van der Waals surface area contributed by atoms with Crippen LogP contribution in [0.25, 0.3) is 10.8 Å². The van der Waals surface area contributed by atoms with Gasteiger partial charge in [0.15, 0.2) is 0 Å². The molecule has 0 bridgehead atoms. The van der Waals surface area contributed by atoms with Gasteiger partial charge in [0.1, 0.15) is 24.0 Å². The smallest absolute Gasteiger partial charge is 0.325 e. The van der Waals surface area contributed by atoms with E-state index in [1.165, 1.54) is 0 Å². The first-order chi connectivity index (χ1) is 12.5. The van der Waals surface area contributed by atoms with Crippen molar-refractivity contribution in [2.24, 2.45) is 5.92 Å². The van der Waals surface area contributed by atoms with Gasteiger partial charge < -0.3 is 15.2 Å². The number of amides is 3. The van der Waals surface area contributed by atoms with Crippen LogP contribution in [-0.4, -0.2) is 46.7 Å². The van der Waals surface area contributed by atoms with Gasteiger partial charge >= 0.3 is 6.03 Å². The van der Waals surface area contributed by atoms with Crippen molar-refractivity contribution in [2.45, 2.75) is 31.4 Å². The number of aliphatic hydroxyl groups excluding tert-OH is 1. The quantitative estimate of drug-likeness (QED) is 0.780. The molecule has 2 aromatic rings. The maximum Gasteiger partial charge on any atom is 0.325 e. The lowest BCUT2D eigenvalue weighted by molar-refractivity contribution is -0.132. The standard InChI is InChI=1S/C20H22N2O4/c1-20(14-9-10-14)18(24)22(19(25)21-20)11-15(23)12-26-17-8-4-6-13-5-2-3-7-16(13)17/h2-8,14-15,23H,9-12H2,1H3,(H,21,25)/t15-,20-/m0/s1. The van der Waals surface area contributed by atoms with Crippen molar-refractivity contribution in [2.75, 3.05) is 13.2 Å². The lowest BCUT2D eigenvalue weighted by atomic mass is 9.96. The predicted molar refractivity (Wildman–Crippen MR) is 96.8 cm³/mol. The summed E-state index contributed by atoms with van der Waals surface area (Å²) in [4.78, 5) is 25.9. The molecule has 1 saturated carbocycles. The number of hydrogen-bond donors (Lipinski definition) is 2. The third kappa shape index (κ3) is 2.90. The average molecular weight is 354 g/mol. The molecular weight excluding hydrogens is 332 g/mol. The molecule has 0 unspecified atom stereocenters. The van der Waals surface area contributed by atoms with Crippen molar-refractivity contribution in [3.05, 3.63) is 42.5 Å². The van der Waals surface area contributed by atoms with E-state index in [0.717, 1.165) is 28.5 Å².